The van der Waals surface area contributed by atoms with E-state index in [0.29, 0.717) is 12.2 Å². The molecule has 2 aromatic rings. The molecule has 1 N–H and O–H groups in total. The van der Waals surface area contributed by atoms with Crippen LogP contribution in [0.5, 0.6) is 0 Å². The van der Waals surface area contributed by atoms with E-state index < -0.39 is 0 Å². The number of aromatic nitrogens is 3. The fourth-order valence-corrected chi connectivity index (χ4v) is 1.69. The second-order valence-corrected chi connectivity index (χ2v) is 4.14. The molecule has 0 saturated heterocycles. The third-order valence-corrected chi connectivity index (χ3v) is 2.62. The van der Waals surface area contributed by atoms with Gasteiger partial charge in [0.05, 0.1) is 12.1 Å². The molecule has 1 aromatic carbocycles. The van der Waals surface area contributed by atoms with E-state index in [9.17, 15) is 4.79 Å². The van der Waals surface area contributed by atoms with Crippen LogP contribution in [-0.2, 0) is 16.0 Å². The van der Waals surface area contributed by atoms with Crippen LogP contribution in [0.1, 0.15) is 18.9 Å². The first-order chi connectivity index (χ1) is 8.68. The summed E-state index contributed by atoms with van der Waals surface area (Å²) in [6.07, 6.45) is 1.57. The Morgan fingerprint density at radius 3 is 3.11 bits per heavy atom. The van der Waals surface area contributed by atoms with E-state index in [1.165, 1.54) is 0 Å². The van der Waals surface area contributed by atoms with Crippen LogP contribution in [-0.4, -0.2) is 28.0 Å². The van der Waals surface area contributed by atoms with Crippen LogP contribution in [0.4, 0.5) is 0 Å². The van der Waals surface area contributed by atoms with Gasteiger partial charge in [0.25, 0.3) is 0 Å². The average molecular weight is 245 g/mol. The summed E-state index contributed by atoms with van der Waals surface area (Å²) in [4.78, 5) is 11.2. The second-order valence-electron chi connectivity index (χ2n) is 4.14. The second kappa shape index (κ2) is 5.44. The molecule has 0 aliphatic rings. The lowest BCUT2D eigenvalue weighted by Gasteiger charge is -2.04. The fourth-order valence-electron chi connectivity index (χ4n) is 1.69. The summed E-state index contributed by atoms with van der Waals surface area (Å²) in [6.45, 7) is 5.56. The minimum absolute atomic E-state index is 0.337. The van der Waals surface area contributed by atoms with E-state index >= 15 is 0 Å². The topological polar surface area (TPSA) is 67.9 Å². The summed E-state index contributed by atoms with van der Waals surface area (Å²) >= 11 is 0. The van der Waals surface area contributed by atoms with Gasteiger partial charge in [0.2, 0.25) is 0 Å². The number of nitrogens with one attached hydrogen (secondary N) is 1. The van der Waals surface area contributed by atoms with Gasteiger partial charge in [-0.25, -0.2) is 4.79 Å². The Morgan fingerprint density at radius 1 is 1.50 bits per heavy atom. The zero-order chi connectivity index (χ0) is 13.0. The quantitative estimate of drug-likeness (QED) is 0.497. The molecule has 18 heavy (non-hydrogen) atoms. The van der Waals surface area contributed by atoms with Gasteiger partial charge in [-0.2, -0.15) is 0 Å². The monoisotopic (exact) mass is 245 g/mol. The van der Waals surface area contributed by atoms with Gasteiger partial charge in [-0.05, 0) is 31.4 Å². The molecule has 1 aromatic heterocycles. The summed E-state index contributed by atoms with van der Waals surface area (Å²) in [6, 6.07) is 5.87. The summed E-state index contributed by atoms with van der Waals surface area (Å²) < 4.78 is 5.04. The first-order valence-corrected chi connectivity index (χ1v) is 5.80. The molecular formula is C13H15N3O2. The number of carbonyl (C=O) groups excluding carboxylic acids is 1. The number of carbonyl (C=O) groups is 1. The number of esters is 1. The largest absolute Gasteiger partial charge is 0.462 e. The van der Waals surface area contributed by atoms with Gasteiger partial charge in [0.1, 0.15) is 5.52 Å². The first kappa shape index (κ1) is 12.3. The number of hydrogen-bond acceptors (Lipinski definition) is 4. The number of hydrogen-bond donors (Lipinski definition) is 1. The van der Waals surface area contributed by atoms with Crippen LogP contribution < -0.4 is 0 Å². The Kier molecular flexibility index (Phi) is 3.72. The molecule has 94 valence electrons. The van der Waals surface area contributed by atoms with E-state index in [1.807, 2.05) is 18.2 Å². The van der Waals surface area contributed by atoms with Crippen molar-refractivity contribution >= 4 is 17.0 Å². The molecule has 0 fully saturated rings. The lowest BCUT2D eigenvalue weighted by atomic mass is 10.1. The summed E-state index contributed by atoms with van der Waals surface area (Å²) in [5, 5.41) is 10.6. The predicted molar refractivity (Wildman–Crippen MR) is 68.0 cm³/mol. The standard InChI is InChI=1S/C13H15N3O2/c1-9(2)13(17)18-8-4-6-10-5-3-7-11-12(10)15-16-14-11/h3,5,7H,1,4,6,8H2,2H3,(H,14,15,16). The lowest BCUT2D eigenvalue weighted by molar-refractivity contribution is -0.139. The predicted octanol–water partition coefficient (Wildman–Crippen LogP) is 2.01. The van der Waals surface area contributed by atoms with Gasteiger partial charge in [-0.15, -0.1) is 5.10 Å². The maximum atomic E-state index is 11.2. The Hall–Kier alpha value is -2.17. The summed E-state index contributed by atoms with van der Waals surface area (Å²) in [7, 11) is 0. The molecule has 0 saturated carbocycles. The Bertz CT molecular complexity index is 574. The van der Waals surface area contributed by atoms with Gasteiger partial charge < -0.3 is 4.74 Å². The van der Waals surface area contributed by atoms with Crippen molar-refractivity contribution in [2.75, 3.05) is 6.61 Å². The van der Waals surface area contributed by atoms with Crippen molar-refractivity contribution in [3.8, 4) is 0 Å². The molecule has 0 atom stereocenters. The smallest absolute Gasteiger partial charge is 0.333 e. The minimum Gasteiger partial charge on any atom is -0.462 e. The maximum Gasteiger partial charge on any atom is 0.333 e. The molecule has 2 rings (SSSR count). The molecule has 0 radical (unpaired) electrons. The fraction of sp³-hybridized carbons (Fsp3) is 0.308. The van der Waals surface area contributed by atoms with Crippen molar-refractivity contribution in [3.05, 3.63) is 35.9 Å². The van der Waals surface area contributed by atoms with Crippen molar-refractivity contribution in [1.29, 1.82) is 0 Å². The number of H-pyrrole nitrogens is 1. The highest BCUT2D eigenvalue weighted by Gasteiger charge is 2.05. The van der Waals surface area contributed by atoms with Gasteiger partial charge in [0.15, 0.2) is 0 Å². The molecule has 0 spiro atoms. The third-order valence-electron chi connectivity index (χ3n) is 2.62. The molecule has 5 heteroatoms. The number of ether oxygens (including phenoxy) is 1. The number of rotatable bonds is 5. The van der Waals surface area contributed by atoms with Crippen LogP contribution in [0.3, 0.4) is 0 Å². The van der Waals surface area contributed by atoms with Crippen molar-refractivity contribution in [1.82, 2.24) is 15.4 Å². The van der Waals surface area contributed by atoms with Gasteiger partial charge in [0, 0.05) is 5.57 Å². The Balaban J connectivity index is 1.89. The first-order valence-electron chi connectivity index (χ1n) is 5.80. The molecule has 5 nitrogen and oxygen atoms in total. The zero-order valence-corrected chi connectivity index (χ0v) is 10.3. The SMILES string of the molecule is C=C(C)C(=O)OCCCc1cccc2nn[nH]c12. The molecular weight excluding hydrogens is 230 g/mol. The number of nitrogens with zero attached hydrogens (tertiary/aromatic N) is 2. The Morgan fingerprint density at radius 2 is 2.33 bits per heavy atom. The van der Waals surface area contributed by atoms with Crippen molar-refractivity contribution in [2.24, 2.45) is 0 Å². The van der Waals surface area contributed by atoms with Crippen LogP contribution in [0.2, 0.25) is 0 Å². The molecule has 0 bridgehead atoms. The molecule has 0 amide bonds. The van der Waals surface area contributed by atoms with Gasteiger partial charge in [-0.1, -0.05) is 23.9 Å². The van der Waals surface area contributed by atoms with E-state index in [-0.39, 0.29) is 5.97 Å². The zero-order valence-electron chi connectivity index (χ0n) is 10.3. The average Bonchev–Trinajstić information content (AvgIpc) is 2.83. The Labute approximate surface area is 105 Å². The van der Waals surface area contributed by atoms with Gasteiger partial charge in [-0.3, -0.25) is 5.10 Å². The number of benzene rings is 1. The highest BCUT2D eigenvalue weighted by atomic mass is 16.5. The number of aryl methyl sites for hydroxylation is 1. The number of aromatic amines is 1. The van der Waals surface area contributed by atoms with Crippen LogP contribution >= 0.6 is 0 Å². The summed E-state index contributed by atoms with van der Waals surface area (Å²) in [5.41, 5.74) is 3.36. The van der Waals surface area contributed by atoms with Crippen LogP contribution in [0.25, 0.3) is 11.0 Å². The molecule has 0 unspecified atom stereocenters. The summed E-state index contributed by atoms with van der Waals surface area (Å²) in [5.74, 6) is -0.337. The van der Waals surface area contributed by atoms with Crippen molar-refractivity contribution in [2.45, 2.75) is 19.8 Å². The van der Waals surface area contributed by atoms with Crippen LogP contribution in [0.15, 0.2) is 30.4 Å². The maximum absolute atomic E-state index is 11.2. The molecule has 1 heterocycles. The lowest BCUT2D eigenvalue weighted by Crippen LogP contribution is -2.06. The van der Waals surface area contributed by atoms with Crippen LogP contribution in [0, 0.1) is 0 Å². The van der Waals surface area contributed by atoms with Crippen molar-refractivity contribution in [3.63, 3.8) is 0 Å². The highest BCUT2D eigenvalue weighted by Crippen LogP contribution is 2.15. The molecule has 0 aliphatic carbocycles. The minimum atomic E-state index is -0.337. The normalized spacial score (nSPS) is 10.5. The number of fused-ring (bicyclic) bond motifs is 1. The van der Waals surface area contributed by atoms with E-state index in [1.54, 1.807) is 6.92 Å². The van der Waals surface area contributed by atoms with E-state index in [2.05, 4.69) is 22.0 Å². The van der Waals surface area contributed by atoms with Gasteiger partial charge >= 0.3 is 5.97 Å². The van der Waals surface area contributed by atoms with E-state index in [0.717, 1.165) is 29.4 Å². The number of para-hydroxylation sites is 1. The molecule has 0 aliphatic heterocycles. The van der Waals surface area contributed by atoms with Crippen molar-refractivity contribution < 1.29 is 9.53 Å². The van der Waals surface area contributed by atoms with E-state index in [4.69, 9.17) is 4.74 Å². The highest BCUT2D eigenvalue weighted by molar-refractivity contribution is 5.86. The third kappa shape index (κ3) is 2.74.